The van der Waals surface area contributed by atoms with E-state index in [1.54, 1.807) is 0 Å². The van der Waals surface area contributed by atoms with Gasteiger partial charge in [0.05, 0.1) is 5.56 Å². The second-order valence-corrected chi connectivity index (χ2v) is 2.77. The fourth-order valence-corrected chi connectivity index (χ4v) is 0.981. The Bertz CT molecular complexity index is 465. The molecule has 0 spiro atoms. The molecular weight excluding hydrogens is 249 g/mol. The van der Waals surface area contributed by atoms with Crippen LogP contribution in [-0.4, -0.2) is 11.3 Å². The van der Waals surface area contributed by atoms with Gasteiger partial charge in [-0.25, -0.2) is 13.8 Å². The third kappa shape index (κ3) is 3.17. The Morgan fingerprint density at radius 2 is 2.00 bits per heavy atom. The molecule has 17 heavy (non-hydrogen) atoms. The van der Waals surface area contributed by atoms with E-state index in [-0.39, 0.29) is 0 Å². The summed E-state index contributed by atoms with van der Waals surface area (Å²) in [4.78, 5) is 3.11. The predicted octanol–water partition coefficient (Wildman–Crippen LogP) is 2.37. The van der Waals surface area contributed by atoms with Crippen molar-refractivity contribution in [2.45, 2.75) is 12.8 Å². The summed E-state index contributed by atoms with van der Waals surface area (Å²) in [5, 5.41) is 8.47. The van der Waals surface area contributed by atoms with Crippen LogP contribution >= 0.6 is 0 Å². The third-order valence-electron chi connectivity index (χ3n) is 1.61. The van der Waals surface area contributed by atoms with Crippen molar-refractivity contribution >= 4 is 5.82 Å². The molecule has 1 rings (SSSR count). The van der Waals surface area contributed by atoms with Crippen LogP contribution in [0.5, 0.6) is 5.75 Å². The van der Waals surface area contributed by atoms with Crippen molar-refractivity contribution in [1.82, 2.24) is 4.98 Å². The molecule has 1 aromatic rings. The number of nitrogen functional groups attached to an aromatic ring is 1. The van der Waals surface area contributed by atoms with E-state index in [1.807, 2.05) is 0 Å². The van der Waals surface area contributed by atoms with E-state index < -0.39 is 35.6 Å². The van der Waals surface area contributed by atoms with Crippen molar-refractivity contribution in [2.75, 3.05) is 5.73 Å². The average molecular weight is 253 g/mol. The molecular formula is C8H4F5N3O. The van der Waals surface area contributed by atoms with Crippen LogP contribution in [0.15, 0.2) is 6.07 Å². The molecule has 0 fully saturated rings. The number of nitrogens with zero attached hydrogens (tertiary/aromatic N) is 2. The molecule has 0 unspecified atom stereocenters. The zero-order chi connectivity index (χ0) is 13.2. The third-order valence-corrected chi connectivity index (χ3v) is 1.61. The number of aromatic nitrogens is 1. The minimum absolute atomic E-state index is 0.346. The molecule has 2 N–H and O–H groups in total. The van der Waals surface area contributed by atoms with Crippen LogP contribution in [-0.2, 0) is 0 Å². The smallest absolute Gasteiger partial charge is 0.403 e. The van der Waals surface area contributed by atoms with Crippen molar-refractivity contribution in [2.24, 2.45) is 0 Å². The van der Waals surface area contributed by atoms with E-state index in [2.05, 4.69) is 9.72 Å². The molecule has 92 valence electrons. The van der Waals surface area contributed by atoms with E-state index in [4.69, 9.17) is 11.0 Å². The molecule has 1 heterocycles. The number of hydrogen-bond acceptors (Lipinski definition) is 4. The number of ether oxygens (including phenoxy) is 1. The van der Waals surface area contributed by atoms with Crippen LogP contribution in [0, 0.1) is 11.3 Å². The van der Waals surface area contributed by atoms with E-state index >= 15 is 0 Å². The van der Waals surface area contributed by atoms with Gasteiger partial charge in [-0.05, 0) is 6.07 Å². The predicted molar refractivity (Wildman–Crippen MR) is 45.0 cm³/mol. The number of hydrogen-bond donors (Lipinski definition) is 1. The molecule has 4 nitrogen and oxygen atoms in total. The van der Waals surface area contributed by atoms with Gasteiger partial charge in [-0.3, -0.25) is 0 Å². The van der Waals surface area contributed by atoms with Crippen molar-refractivity contribution in [3.05, 3.63) is 17.3 Å². The van der Waals surface area contributed by atoms with Crippen molar-refractivity contribution < 1.29 is 26.7 Å². The number of halogens is 5. The number of anilines is 1. The summed E-state index contributed by atoms with van der Waals surface area (Å²) >= 11 is 0. The van der Waals surface area contributed by atoms with E-state index in [1.165, 1.54) is 6.07 Å². The fourth-order valence-electron chi connectivity index (χ4n) is 0.981. The first-order valence-electron chi connectivity index (χ1n) is 3.99. The lowest BCUT2D eigenvalue weighted by Gasteiger charge is -2.12. The summed E-state index contributed by atoms with van der Waals surface area (Å²) < 4.78 is 63.8. The fraction of sp³-hybridized carbons (Fsp3) is 0.250. The highest BCUT2D eigenvalue weighted by molar-refractivity contribution is 5.50. The van der Waals surface area contributed by atoms with Crippen LogP contribution in [0.3, 0.4) is 0 Å². The minimum atomic E-state index is -5.11. The SMILES string of the molecule is N#Cc1nc(N)c(C(F)F)cc1OC(F)(F)F. The van der Waals surface area contributed by atoms with Crippen LogP contribution in [0.4, 0.5) is 27.8 Å². The van der Waals surface area contributed by atoms with Gasteiger partial charge >= 0.3 is 6.36 Å². The molecule has 9 heteroatoms. The first kappa shape index (κ1) is 13.0. The second kappa shape index (κ2) is 4.40. The minimum Gasteiger partial charge on any atom is -0.403 e. The summed E-state index contributed by atoms with van der Waals surface area (Å²) in [5.74, 6) is -1.82. The molecule has 0 radical (unpaired) electrons. The number of nitrogens with two attached hydrogens (primary N) is 1. The molecule has 0 aromatic carbocycles. The van der Waals surface area contributed by atoms with E-state index in [0.29, 0.717) is 6.07 Å². The Morgan fingerprint density at radius 1 is 1.41 bits per heavy atom. The average Bonchev–Trinajstić information content (AvgIpc) is 2.17. The van der Waals surface area contributed by atoms with Crippen LogP contribution in [0.25, 0.3) is 0 Å². The first-order chi connectivity index (χ1) is 7.74. The van der Waals surface area contributed by atoms with Gasteiger partial charge in [-0.1, -0.05) is 0 Å². The van der Waals surface area contributed by atoms with Gasteiger partial charge in [0.25, 0.3) is 6.43 Å². The number of pyridine rings is 1. The van der Waals surface area contributed by atoms with Gasteiger partial charge in [0.15, 0.2) is 11.4 Å². The summed E-state index contributed by atoms with van der Waals surface area (Å²) in [6.45, 7) is 0. The lowest BCUT2D eigenvalue weighted by Crippen LogP contribution is -2.18. The number of nitriles is 1. The monoisotopic (exact) mass is 253 g/mol. The van der Waals surface area contributed by atoms with Crippen LogP contribution in [0.1, 0.15) is 17.7 Å². The Kier molecular flexibility index (Phi) is 3.36. The van der Waals surface area contributed by atoms with E-state index in [9.17, 15) is 22.0 Å². The standard InChI is InChI=1S/C8H4F5N3O/c9-6(10)3-1-5(17-8(11,12)13)4(2-14)16-7(3)15/h1,6H,(H2,15,16). The molecule has 0 atom stereocenters. The second-order valence-electron chi connectivity index (χ2n) is 2.77. The quantitative estimate of drug-likeness (QED) is 0.821. The Morgan fingerprint density at radius 3 is 2.41 bits per heavy atom. The largest absolute Gasteiger partial charge is 0.573 e. The summed E-state index contributed by atoms with van der Waals surface area (Å²) in [6.07, 6.45) is -8.23. The molecule has 0 aliphatic carbocycles. The molecule has 0 aliphatic heterocycles. The Labute approximate surface area is 91.4 Å². The highest BCUT2D eigenvalue weighted by Gasteiger charge is 2.33. The summed E-state index contributed by atoms with van der Waals surface area (Å²) in [6, 6.07) is 1.61. The number of alkyl halides is 5. The number of rotatable bonds is 2. The first-order valence-corrected chi connectivity index (χ1v) is 3.99. The Hall–Kier alpha value is -2.11. The van der Waals surface area contributed by atoms with Gasteiger partial charge in [0, 0.05) is 0 Å². The maximum absolute atomic E-state index is 12.3. The van der Waals surface area contributed by atoms with Gasteiger partial charge in [-0.15, -0.1) is 13.2 Å². The molecule has 0 amide bonds. The van der Waals surface area contributed by atoms with Gasteiger partial charge < -0.3 is 10.5 Å². The summed E-state index contributed by atoms with van der Waals surface area (Å²) in [7, 11) is 0. The highest BCUT2D eigenvalue weighted by Crippen LogP contribution is 2.32. The molecule has 1 aromatic heterocycles. The van der Waals surface area contributed by atoms with Crippen molar-refractivity contribution in [1.29, 1.82) is 5.26 Å². The lowest BCUT2D eigenvalue weighted by atomic mass is 10.2. The topological polar surface area (TPSA) is 71.9 Å². The Balaban J connectivity index is 3.28. The highest BCUT2D eigenvalue weighted by atomic mass is 19.4. The molecule has 0 bridgehead atoms. The van der Waals surface area contributed by atoms with E-state index in [0.717, 1.165) is 0 Å². The van der Waals surface area contributed by atoms with Gasteiger partial charge in [0.2, 0.25) is 0 Å². The maximum atomic E-state index is 12.3. The zero-order valence-corrected chi connectivity index (χ0v) is 7.92. The van der Waals surface area contributed by atoms with Crippen LogP contribution < -0.4 is 10.5 Å². The molecule has 0 saturated carbocycles. The lowest BCUT2D eigenvalue weighted by molar-refractivity contribution is -0.274. The van der Waals surface area contributed by atoms with Crippen molar-refractivity contribution in [3.63, 3.8) is 0 Å². The van der Waals surface area contributed by atoms with Gasteiger partial charge in [-0.2, -0.15) is 5.26 Å². The van der Waals surface area contributed by atoms with Gasteiger partial charge in [0.1, 0.15) is 11.9 Å². The molecule has 0 saturated heterocycles. The maximum Gasteiger partial charge on any atom is 0.573 e. The normalized spacial score (nSPS) is 11.4. The zero-order valence-electron chi connectivity index (χ0n) is 7.92. The van der Waals surface area contributed by atoms with Crippen molar-refractivity contribution in [3.8, 4) is 11.8 Å². The molecule has 0 aliphatic rings. The van der Waals surface area contributed by atoms with Crippen LogP contribution in [0.2, 0.25) is 0 Å². The summed E-state index contributed by atoms with van der Waals surface area (Å²) in [5.41, 5.74) is 3.31.